The van der Waals surface area contributed by atoms with Crippen LogP contribution in [0.3, 0.4) is 0 Å². The maximum absolute atomic E-state index is 12.8. The average Bonchev–Trinajstić information content (AvgIpc) is 2.84. The number of rotatable bonds is 4. The van der Waals surface area contributed by atoms with Gasteiger partial charge in [-0.1, -0.05) is 0 Å². The molecule has 2 N–H and O–H groups in total. The van der Waals surface area contributed by atoms with E-state index in [1.807, 2.05) is 29.6 Å². The molecule has 1 aliphatic heterocycles. The van der Waals surface area contributed by atoms with E-state index in [-0.39, 0.29) is 5.91 Å². The second-order valence-corrected chi connectivity index (χ2v) is 6.71. The molecule has 2 aromatic heterocycles. The Morgan fingerprint density at radius 3 is 2.80 bits per heavy atom. The highest BCUT2D eigenvalue weighted by molar-refractivity contribution is 5.95. The molecule has 1 atom stereocenters. The molecule has 0 spiro atoms. The quantitative estimate of drug-likeness (QED) is 0.918. The van der Waals surface area contributed by atoms with Crippen molar-refractivity contribution in [1.29, 1.82) is 0 Å². The van der Waals surface area contributed by atoms with Crippen molar-refractivity contribution in [2.75, 3.05) is 18.8 Å². The summed E-state index contributed by atoms with van der Waals surface area (Å²) in [6.45, 7) is 6.29. The molecule has 3 heterocycles. The molecular formula is C18H26N6O. The molecule has 7 nitrogen and oxygen atoms in total. The SMILES string of the molecule is CCn1cc(C(=O)N2CCC[C@@H](Cc3cnc(N)cn3)CC2)c(C)n1. The van der Waals surface area contributed by atoms with E-state index >= 15 is 0 Å². The Bertz CT molecular complexity index is 724. The Balaban J connectivity index is 1.61. The van der Waals surface area contributed by atoms with Gasteiger partial charge in [-0.3, -0.25) is 14.5 Å². The summed E-state index contributed by atoms with van der Waals surface area (Å²) in [5.41, 5.74) is 8.10. The molecule has 1 aliphatic rings. The van der Waals surface area contributed by atoms with Gasteiger partial charge < -0.3 is 10.6 Å². The monoisotopic (exact) mass is 342 g/mol. The van der Waals surface area contributed by atoms with Crippen LogP contribution in [0.4, 0.5) is 5.82 Å². The number of likely N-dealkylation sites (tertiary alicyclic amines) is 1. The predicted molar refractivity (Wildman–Crippen MR) is 96.0 cm³/mol. The number of aryl methyl sites for hydroxylation is 2. The maximum Gasteiger partial charge on any atom is 0.257 e. The summed E-state index contributed by atoms with van der Waals surface area (Å²) in [5.74, 6) is 1.07. The molecule has 0 saturated carbocycles. The van der Waals surface area contributed by atoms with Gasteiger partial charge >= 0.3 is 0 Å². The van der Waals surface area contributed by atoms with Gasteiger partial charge in [-0.25, -0.2) is 4.98 Å². The fourth-order valence-corrected chi connectivity index (χ4v) is 3.40. The van der Waals surface area contributed by atoms with Gasteiger partial charge in [-0.15, -0.1) is 0 Å². The van der Waals surface area contributed by atoms with Gasteiger partial charge in [0.05, 0.1) is 29.3 Å². The van der Waals surface area contributed by atoms with Crippen molar-refractivity contribution in [1.82, 2.24) is 24.6 Å². The first-order valence-electron chi connectivity index (χ1n) is 8.96. The highest BCUT2D eigenvalue weighted by Crippen LogP contribution is 2.22. The number of hydrogen-bond acceptors (Lipinski definition) is 5. The molecule has 0 unspecified atom stereocenters. The van der Waals surface area contributed by atoms with Gasteiger partial charge in [0, 0.05) is 25.8 Å². The molecule has 3 rings (SSSR count). The van der Waals surface area contributed by atoms with Gasteiger partial charge in [-0.05, 0) is 45.4 Å². The van der Waals surface area contributed by atoms with Crippen LogP contribution >= 0.6 is 0 Å². The highest BCUT2D eigenvalue weighted by atomic mass is 16.2. The molecule has 0 aliphatic carbocycles. The number of carbonyl (C=O) groups is 1. The number of anilines is 1. The molecule has 7 heteroatoms. The van der Waals surface area contributed by atoms with Crippen LogP contribution in [0.25, 0.3) is 0 Å². The molecule has 0 radical (unpaired) electrons. The first-order chi connectivity index (χ1) is 12.1. The van der Waals surface area contributed by atoms with Crippen molar-refractivity contribution >= 4 is 11.7 Å². The van der Waals surface area contributed by atoms with Crippen LogP contribution in [0.15, 0.2) is 18.6 Å². The number of nitrogens with two attached hydrogens (primary N) is 1. The van der Waals surface area contributed by atoms with Gasteiger partial charge in [-0.2, -0.15) is 5.10 Å². The van der Waals surface area contributed by atoms with E-state index in [4.69, 9.17) is 5.73 Å². The summed E-state index contributed by atoms with van der Waals surface area (Å²) in [4.78, 5) is 23.3. The van der Waals surface area contributed by atoms with E-state index in [0.717, 1.165) is 62.3 Å². The lowest BCUT2D eigenvalue weighted by molar-refractivity contribution is 0.0759. The van der Waals surface area contributed by atoms with Crippen molar-refractivity contribution in [3.8, 4) is 0 Å². The Hall–Kier alpha value is -2.44. The molecule has 1 saturated heterocycles. The number of aromatic nitrogens is 4. The molecule has 1 fully saturated rings. The van der Waals surface area contributed by atoms with Gasteiger partial charge in [0.15, 0.2) is 0 Å². The van der Waals surface area contributed by atoms with E-state index in [1.165, 1.54) is 0 Å². The molecular weight excluding hydrogens is 316 g/mol. The largest absolute Gasteiger partial charge is 0.382 e. The molecule has 134 valence electrons. The van der Waals surface area contributed by atoms with Crippen LogP contribution in [0.2, 0.25) is 0 Å². The number of hydrogen-bond donors (Lipinski definition) is 1. The summed E-state index contributed by atoms with van der Waals surface area (Å²) >= 11 is 0. The molecule has 1 amide bonds. The Morgan fingerprint density at radius 2 is 2.12 bits per heavy atom. The minimum atomic E-state index is 0.102. The lowest BCUT2D eigenvalue weighted by atomic mass is 9.95. The predicted octanol–water partition coefficient (Wildman–Crippen LogP) is 2.07. The van der Waals surface area contributed by atoms with Crippen LogP contribution in [0, 0.1) is 12.8 Å². The van der Waals surface area contributed by atoms with Gasteiger partial charge in [0.1, 0.15) is 5.82 Å². The normalized spacial score (nSPS) is 18.2. The minimum Gasteiger partial charge on any atom is -0.382 e. The van der Waals surface area contributed by atoms with E-state index in [1.54, 1.807) is 12.4 Å². The van der Waals surface area contributed by atoms with Gasteiger partial charge in [0.2, 0.25) is 0 Å². The average molecular weight is 342 g/mol. The number of carbonyl (C=O) groups excluding carboxylic acids is 1. The first kappa shape index (κ1) is 17.4. The van der Waals surface area contributed by atoms with Crippen LogP contribution in [-0.4, -0.2) is 43.6 Å². The zero-order valence-electron chi connectivity index (χ0n) is 15.0. The number of nitrogens with zero attached hydrogens (tertiary/aromatic N) is 5. The van der Waals surface area contributed by atoms with Crippen LogP contribution in [0.5, 0.6) is 0 Å². The fourth-order valence-electron chi connectivity index (χ4n) is 3.40. The van der Waals surface area contributed by atoms with E-state index in [2.05, 4.69) is 15.1 Å². The fraction of sp³-hybridized carbons (Fsp3) is 0.556. The lowest BCUT2D eigenvalue weighted by Crippen LogP contribution is -2.32. The first-order valence-corrected chi connectivity index (χ1v) is 8.96. The Morgan fingerprint density at radius 1 is 1.28 bits per heavy atom. The lowest BCUT2D eigenvalue weighted by Gasteiger charge is -2.20. The molecule has 25 heavy (non-hydrogen) atoms. The second kappa shape index (κ2) is 7.63. The summed E-state index contributed by atoms with van der Waals surface area (Å²) in [6.07, 6.45) is 9.22. The number of nitrogen functional groups attached to an aromatic ring is 1. The standard InChI is InChI=1S/C18H26N6O/c1-3-24-12-16(13(2)22-24)18(25)23-7-4-5-14(6-8-23)9-15-10-21-17(19)11-20-15/h10-12,14H,3-9H2,1-2H3,(H2,19,21)/t14-/m1/s1. The van der Waals surface area contributed by atoms with Crippen LogP contribution < -0.4 is 5.73 Å². The van der Waals surface area contributed by atoms with Crippen LogP contribution in [-0.2, 0) is 13.0 Å². The molecule has 0 bridgehead atoms. The minimum absolute atomic E-state index is 0.102. The van der Waals surface area contributed by atoms with Crippen molar-refractivity contribution in [2.45, 2.75) is 46.1 Å². The second-order valence-electron chi connectivity index (χ2n) is 6.71. The molecule has 0 aromatic carbocycles. The van der Waals surface area contributed by atoms with E-state index < -0.39 is 0 Å². The van der Waals surface area contributed by atoms with Crippen LogP contribution in [0.1, 0.15) is 47.9 Å². The third-order valence-electron chi connectivity index (χ3n) is 4.86. The van der Waals surface area contributed by atoms with Crippen molar-refractivity contribution in [2.24, 2.45) is 5.92 Å². The summed E-state index contributed by atoms with van der Waals surface area (Å²) in [7, 11) is 0. The third kappa shape index (κ3) is 4.15. The Labute approximate surface area is 148 Å². The smallest absolute Gasteiger partial charge is 0.257 e. The summed E-state index contributed by atoms with van der Waals surface area (Å²) in [5, 5.41) is 4.39. The van der Waals surface area contributed by atoms with Crippen molar-refractivity contribution < 1.29 is 4.79 Å². The summed E-state index contributed by atoms with van der Waals surface area (Å²) < 4.78 is 1.82. The zero-order chi connectivity index (χ0) is 17.8. The van der Waals surface area contributed by atoms with Crippen molar-refractivity contribution in [3.05, 3.63) is 35.5 Å². The van der Waals surface area contributed by atoms with Gasteiger partial charge in [0.25, 0.3) is 5.91 Å². The Kier molecular flexibility index (Phi) is 5.31. The van der Waals surface area contributed by atoms with E-state index in [9.17, 15) is 4.79 Å². The zero-order valence-corrected chi connectivity index (χ0v) is 15.0. The molecule has 2 aromatic rings. The van der Waals surface area contributed by atoms with E-state index in [0.29, 0.717) is 11.7 Å². The topological polar surface area (TPSA) is 89.9 Å². The summed E-state index contributed by atoms with van der Waals surface area (Å²) in [6, 6.07) is 0. The number of amides is 1. The van der Waals surface area contributed by atoms with Crippen molar-refractivity contribution in [3.63, 3.8) is 0 Å². The maximum atomic E-state index is 12.8. The third-order valence-corrected chi connectivity index (χ3v) is 4.86. The highest BCUT2D eigenvalue weighted by Gasteiger charge is 2.24.